The topological polar surface area (TPSA) is 22.1 Å². The lowest BCUT2D eigenvalue weighted by atomic mass is 10.1. The van der Waals surface area contributed by atoms with Gasteiger partial charge in [-0.1, -0.05) is 15.9 Å². The first kappa shape index (κ1) is 11.1. The van der Waals surface area contributed by atoms with E-state index in [4.69, 9.17) is 4.74 Å². The van der Waals surface area contributed by atoms with Gasteiger partial charge >= 0.3 is 0 Å². The summed E-state index contributed by atoms with van der Waals surface area (Å²) in [6.07, 6.45) is 0. The van der Waals surface area contributed by atoms with Crippen molar-refractivity contribution in [3.8, 4) is 17.0 Å². The van der Waals surface area contributed by atoms with Crippen molar-refractivity contribution < 1.29 is 4.74 Å². The molecular formula is C10H7Br2NOS. The van der Waals surface area contributed by atoms with E-state index in [1.54, 1.807) is 18.4 Å². The standard InChI is InChI=1S/C10H7Br2NOS/c1-14-9-4-6(11)2-3-7(9)8-5-15-10(12)13-8/h2-5H,1H3. The van der Waals surface area contributed by atoms with Gasteiger partial charge in [-0.05, 0) is 34.1 Å². The van der Waals surface area contributed by atoms with E-state index in [-0.39, 0.29) is 0 Å². The third-order valence-electron chi connectivity index (χ3n) is 1.92. The number of methoxy groups -OCH3 is 1. The van der Waals surface area contributed by atoms with Crippen LogP contribution >= 0.6 is 43.2 Å². The van der Waals surface area contributed by atoms with Crippen molar-refractivity contribution in [2.24, 2.45) is 0 Å². The molecule has 2 nitrogen and oxygen atoms in total. The Bertz CT molecular complexity index is 484. The third-order valence-corrected chi connectivity index (χ3v) is 3.77. The molecule has 0 aliphatic rings. The zero-order valence-electron chi connectivity index (χ0n) is 7.83. The van der Waals surface area contributed by atoms with Gasteiger partial charge in [0.15, 0.2) is 3.92 Å². The number of thiazole rings is 1. The Hall–Kier alpha value is -0.390. The minimum atomic E-state index is 0.821. The summed E-state index contributed by atoms with van der Waals surface area (Å²) in [4.78, 5) is 4.36. The maximum absolute atomic E-state index is 5.31. The number of hydrogen-bond acceptors (Lipinski definition) is 3. The Morgan fingerprint density at radius 1 is 1.33 bits per heavy atom. The van der Waals surface area contributed by atoms with Gasteiger partial charge in [0, 0.05) is 15.4 Å². The maximum Gasteiger partial charge on any atom is 0.159 e. The number of aromatic nitrogens is 1. The number of rotatable bonds is 2. The number of hydrogen-bond donors (Lipinski definition) is 0. The van der Waals surface area contributed by atoms with E-state index in [9.17, 15) is 0 Å². The van der Waals surface area contributed by atoms with Gasteiger partial charge in [-0.25, -0.2) is 4.98 Å². The van der Waals surface area contributed by atoms with Gasteiger partial charge < -0.3 is 4.74 Å². The van der Waals surface area contributed by atoms with Crippen LogP contribution in [0.4, 0.5) is 0 Å². The van der Waals surface area contributed by atoms with E-state index in [0.29, 0.717) is 0 Å². The Morgan fingerprint density at radius 3 is 2.73 bits per heavy atom. The van der Waals surface area contributed by atoms with Gasteiger partial charge in [0.25, 0.3) is 0 Å². The molecule has 1 aromatic carbocycles. The fourth-order valence-electron chi connectivity index (χ4n) is 1.25. The lowest BCUT2D eigenvalue weighted by Crippen LogP contribution is -1.87. The Labute approximate surface area is 109 Å². The fourth-order valence-corrected chi connectivity index (χ4v) is 2.60. The quantitative estimate of drug-likeness (QED) is 0.805. The number of ether oxygens (including phenoxy) is 1. The largest absolute Gasteiger partial charge is 0.496 e. The van der Waals surface area contributed by atoms with E-state index in [1.807, 2.05) is 23.6 Å². The molecule has 15 heavy (non-hydrogen) atoms. The van der Waals surface area contributed by atoms with Gasteiger partial charge in [-0.15, -0.1) is 11.3 Å². The van der Waals surface area contributed by atoms with Crippen molar-refractivity contribution >= 4 is 43.2 Å². The van der Waals surface area contributed by atoms with Crippen molar-refractivity contribution in [1.82, 2.24) is 4.98 Å². The van der Waals surface area contributed by atoms with Gasteiger partial charge in [0.05, 0.1) is 12.8 Å². The van der Waals surface area contributed by atoms with Crippen LogP contribution in [-0.4, -0.2) is 12.1 Å². The number of halogens is 2. The summed E-state index contributed by atoms with van der Waals surface area (Å²) in [5.74, 6) is 0.821. The highest BCUT2D eigenvalue weighted by Crippen LogP contribution is 2.33. The molecule has 1 aromatic heterocycles. The highest BCUT2D eigenvalue weighted by molar-refractivity contribution is 9.11. The molecule has 0 spiro atoms. The van der Waals surface area contributed by atoms with Gasteiger partial charge in [0.1, 0.15) is 5.75 Å². The molecule has 2 aromatic rings. The van der Waals surface area contributed by atoms with Crippen LogP contribution in [0.2, 0.25) is 0 Å². The molecule has 0 bridgehead atoms. The second-order valence-corrected chi connectivity index (χ2v) is 5.88. The first-order chi connectivity index (χ1) is 7.20. The first-order valence-electron chi connectivity index (χ1n) is 4.15. The highest BCUT2D eigenvalue weighted by Gasteiger charge is 2.09. The maximum atomic E-state index is 5.31. The zero-order chi connectivity index (χ0) is 10.8. The summed E-state index contributed by atoms with van der Waals surface area (Å²) >= 11 is 8.32. The predicted molar refractivity (Wildman–Crippen MR) is 69.5 cm³/mol. The Balaban J connectivity index is 2.52. The summed E-state index contributed by atoms with van der Waals surface area (Å²) in [6.45, 7) is 0. The van der Waals surface area contributed by atoms with Crippen molar-refractivity contribution in [2.75, 3.05) is 7.11 Å². The van der Waals surface area contributed by atoms with E-state index in [1.165, 1.54) is 0 Å². The number of nitrogens with zero attached hydrogens (tertiary/aromatic N) is 1. The molecule has 78 valence electrons. The normalized spacial score (nSPS) is 10.3. The van der Waals surface area contributed by atoms with E-state index < -0.39 is 0 Å². The summed E-state index contributed by atoms with van der Waals surface area (Å²) in [5, 5.41) is 2.00. The minimum Gasteiger partial charge on any atom is -0.496 e. The van der Waals surface area contributed by atoms with E-state index in [0.717, 1.165) is 25.4 Å². The van der Waals surface area contributed by atoms with Gasteiger partial charge in [-0.2, -0.15) is 0 Å². The lowest BCUT2D eigenvalue weighted by molar-refractivity contribution is 0.416. The molecular weight excluding hydrogens is 342 g/mol. The second-order valence-electron chi connectivity index (χ2n) is 2.83. The molecule has 0 aliphatic heterocycles. The molecule has 0 amide bonds. The van der Waals surface area contributed by atoms with Gasteiger partial charge in [-0.3, -0.25) is 0 Å². The number of benzene rings is 1. The molecule has 2 rings (SSSR count). The molecule has 0 saturated heterocycles. The predicted octanol–water partition coefficient (Wildman–Crippen LogP) is 4.34. The van der Waals surface area contributed by atoms with Crippen LogP contribution in [-0.2, 0) is 0 Å². The van der Waals surface area contributed by atoms with E-state index >= 15 is 0 Å². The molecule has 0 radical (unpaired) electrons. The van der Waals surface area contributed by atoms with Crippen LogP contribution in [0.3, 0.4) is 0 Å². The SMILES string of the molecule is COc1cc(Br)ccc1-c1csc(Br)n1. The Morgan fingerprint density at radius 2 is 2.13 bits per heavy atom. The molecule has 0 atom stereocenters. The van der Waals surface area contributed by atoms with Crippen LogP contribution < -0.4 is 4.74 Å². The summed E-state index contributed by atoms with van der Waals surface area (Å²) < 4.78 is 7.18. The monoisotopic (exact) mass is 347 g/mol. The van der Waals surface area contributed by atoms with Crippen LogP contribution in [0.25, 0.3) is 11.3 Å². The van der Waals surface area contributed by atoms with Crippen LogP contribution in [0, 0.1) is 0 Å². The molecule has 0 aliphatic carbocycles. The molecule has 0 N–H and O–H groups in total. The molecule has 5 heteroatoms. The smallest absolute Gasteiger partial charge is 0.159 e. The summed E-state index contributed by atoms with van der Waals surface area (Å²) in [5.41, 5.74) is 1.93. The summed E-state index contributed by atoms with van der Waals surface area (Å²) in [7, 11) is 1.66. The van der Waals surface area contributed by atoms with Crippen LogP contribution in [0.1, 0.15) is 0 Å². The molecule has 0 unspecified atom stereocenters. The molecule has 1 heterocycles. The summed E-state index contributed by atoms with van der Waals surface area (Å²) in [6, 6.07) is 5.90. The van der Waals surface area contributed by atoms with Gasteiger partial charge in [0.2, 0.25) is 0 Å². The lowest BCUT2D eigenvalue weighted by Gasteiger charge is -2.06. The fraction of sp³-hybridized carbons (Fsp3) is 0.100. The molecule has 0 fully saturated rings. The second kappa shape index (κ2) is 4.63. The van der Waals surface area contributed by atoms with Crippen molar-refractivity contribution in [2.45, 2.75) is 0 Å². The van der Waals surface area contributed by atoms with Crippen molar-refractivity contribution in [3.63, 3.8) is 0 Å². The third kappa shape index (κ3) is 2.41. The minimum absolute atomic E-state index is 0.821. The van der Waals surface area contributed by atoms with Crippen molar-refractivity contribution in [1.29, 1.82) is 0 Å². The zero-order valence-corrected chi connectivity index (χ0v) is 11.8. The average molecular weight is 349 g/mol. The van der Waals surface area contributed by atoms with Crippen LogP contribution in [0.5, 0.6) is 5.75 Å². The first-order valence-corrected chi connectivity index (χ1v) is 6.62. The molecule has 0 saturated carbocycles. The Kier molecular flexibility index (Phi) is 3.43. The van der Waals surface area contributed by atoms with E-state index in [2.05, 4.69) is 36.8 Å². The van der Waals surface area contributed by atoms with Crippen LogP contribution in [0.15, 0.2) is 32.0 Å². The van der Waals surface area contributed by atoms with Crippen molar-refractivity contribution in [3.05, 3.63) is 32.0 Å². The highest BCUT2D eigenvalue weighted by atomic mass is 79.9. The average Bonchev–Trinajstić information content (AvgIpc) is 2.64.